The molecule has 0 amide bonds. The number of unbranched alkanes of at least 4 members (excludes halogenated alkanes) is 11. The van der Waals surface area contributed by atoms with Gasteiger partial charge in [-0.05, 0) is 67.3 Å². The standard InChI is InChI=1S/C41H52O7/c1-4-6-8-10-12-14-16-30-46-39(43)31(3)47-40(44)36-26-28-37(29-27-36)48-41(45)35-24-20-33(21-25-35)32-18-22-34(23-19-32)38(42)17-15-13-11-9-7-5-2/h18-29,31H,4-17,30H2,1-3H3. The molecule has 3 aromatic rings. The molecule has 0 fully saturated rings. The van der Waals surface area contributed by atoms with E-state index >= 15 is 0 Å². The Hall–Kier alpha value is -4.26. The Balaban J connectivity index is 1.41. The van der Waals surface area contributed by atoms with E-state index in [-0.39, 0.29) is 17.1 Å². The van der Waals surface area contributed by atoms with Gasteiger partial charge in [-0.1, -0.05) is 121 Å². The quantitative estimate of drug-likeness (QED) is 0.0459. The molecule has 0 spiro atoms. The van der Waals surface area contributed by atoms with E-state index < -0.39 is 24.0 Å². The Bertz CT molecular complexity index is 1410. The summed E-state index contributed by atoms with van der Waals surface area (Å²) in [6.45, 7) is 6.18. The van der Waals surface area contributed by atoms with Crippen LogP contribution in [0.2, 0.25) is 0 Å². The van der Waals surface area contributed by atoms with E-state index in [1.165, 1.54) is 82.6 Å². The number of carbonyl (C=O) groups is 4. The first kappa shape index (κ1) is 38.2. The Morgan fingerprint density at radius 2 is 1.00 bits per heavy atom. The fourth-order valence-electron chi connectivity index (χ4n) is 5.31. The zero-order chi connectivity index (χ0) is 34.6. The highest BCUT2D eigenvalue weighted by atomic mass is 16.6. The summed E-state index contributed by atoms with van der Waals surface area (Å²) < 4.78 is 16.0. The Kier molecular flexibility index (Phi) is 17.2. The summed E-state index contributed by atoms with van der Waals surface area (Å²) >= 11 is 0. The molecule has 0 aliphatic rings. The van der Waals surface area contributed by atoms with Gasteiger partial charge in [0.1, 0.15) is 5.75 Å². The first-order valence-electron chi connectivity index (χ1n) is 17.8. The maximum absolute atomic E-state index is 12.8. The van der Waals surface area contributed by atoms with Gasteiger partial charge < -0.3 is 14.2 Å². The van der Waals surface area contributed by atoms with Gasteiger partial charge in [-0.15, -0.1) is 0 Å². The van der Waals surface area contributed by atoms with Crippen LogP contribution in [0.15, 0.2) is 72.8 Å². The van der Waals surface area contributed by atoms with Gasteiger partial charge >= 0.3 is 17.9 Å². The van der Waals surface area contributed by atoms with Crippen LogP contribution in [0, 0.1) is 0 Å². The molecule has 7 nitrogen and oxygen atoms in total. The molecule has 7 heteroatoms. The first-order chi connectivity index (χ1) is 23.3. The maximum Gasteiger partial charge on any atom is 0.347 e. The van der Waals surface area contributed by atoms with E-state index in [0.29, 0.717) is 18.6 Å². The zero-order valence-corrected chi connectivity index (χ0v) is 29.0. The molecule has 48 heavy (non-hydrogen) atoms. The third-order valence-corrected chi connectivity index (χ3v) is 8.33. The van der Waals surface area contributed by atoms with Crippen molar-refractivity contribution >= 4 is 23.7 Å². The number of carbonyl (C=O) groups excluding carboxylic acids is 4. The van der Waals surface area contributed by atoms with Crippen molar-refractivity contribution in [2.24, 2.45) is 0 Å². The molecule has 0 aromatic heterocycles. The molecule has 258 valence electrons. The Morgan fingerprint density at radius 1 is 0.542 bits per heavy atom. The fourth-order valence-corrected chi connectivity index (χ4v) is 5.31. The minimum absolute atomic E-state index is 0.170. The fraction of sp³-hybridized carbons (Fsp3) is 0.463. The SMILES string of the molecule is CCCCCCCCCOC(=O)C(C)OC(=O)c1ccc(OC(=O)c2ccc(-c3ccc(C(=O)CCCCCCCC)cc3)cc2)cc1. The van der Waals surface area contributed by atoms with E-state index in [1.807, 2.05) is 36.4 Å². The van der Waals surface area contributed by atoms with Gasteiger partial charge in [-0.3, -0.25) is 4.79 Å². The molecule has 3 aromatic carbocycles. The summed E-state index contributed by atoms with van der Waals surface area (Å²) in [7, 11) is 0. The summed E-state index contributed by atoms with van der Waals surface area (Å²) in [5.74, 6) is -1.34. The third-order valence-electron chi connectivity index (χ3n) is 8.33. The van der Waals surface area contributed by atoms with Crippen molar-refractivity contribution in [2.45, 2.75) is 117 Å². The molecule has 0 aliphatic heterocycles. The van der Waals surface area contributed by atoms with Crippen molar-refractivity contribution in [3.63, 3.8) is 0 Å². The molecular formula is C41H52O7. The van der Waals surface area contributed by atoms with Gasteiger partial charge in [0.2, 0.25) is 0 Å². The Morgan fingerprint density at radius 3 is 1.56 bits per heavy atom. The largest absolute Gasteiger partial charge is 0.463 e. The second-order valence-electron chi connectivity index (χ2n) is 12.3. The van der Waals surface area contributed by atoms with Crippen molar-refractivity contribution in [1.82, 2.24) is 0 Å². The van der Waals surface area contributed by atoms with Crippen LogP contribution < -0.4 is 4.74 Å². The average Bonchev–Trinajstić information content (AvgIpc) is 3.11. The highest BCUT2D eigenvalue weighted by molar-refractivity contribution is 5.96. The van der Waals surface area contributed by atoms with Crippen LogP contribution in [0.25, 0.3) is 11.1 Å². The second-order valence-corrected chi connectivity index (χ2v) is 12.3. The van der Waals surface area contributed by atoms with Crippen molar-refractivity contribution in [1.29, 1.82) is 0 Å². The molecular weight excluding hydrogens is 604 g/mol. The van der Waals surface area contributed by atoms with Crippen molar-refractivity contribution in [3.8, 4) is 16.9 Å². The summed E-state index contributed by atoms with van der Waals surface area (Å²) in [6, 6.07) is 20.6. The van der Waals surface area contributed by atoms with Crippen LogP contribution in [0.5, 0.6) is 5.75 Å². The molecule has 0 aliphatic carbocycles. The molecule has 0 saturated carbocycles. The number of esters is 3. The predicted molar refractivity (Wildman–Crippen MR) is 189 cm³/mol. The van der Waals surface area contributed by atoms with Crippen LogP contribution in [-0.2, 0) is 14.3 Å². The van der Waals surface area contributed by atoms with Crippen LogP contribution in [-0.4, -0.2) is 36.4 Å². The Labute approximate surface area is 286 Å². The first-order valence-corrected chi connectivity index (χ1v) is 17.8. The molecule has 1 atom stereocenters. The molecule has 3 rings (SSSR count). The zero-order valence-electron chi connectivity index (χ0n) is 29.0. The van der Waals surface area contributed by atoms with Crippen LogP contribution >= 0.6 is 0 Å². The molecule has 1 unspecified atom stereocenters. The highest BCUT2D eigenvalue weighted by Crippen LogP contribution is 2.23. The molecule has 0 saturated heterocycles. The number of Topliss-reactive ketones (excluding diaryl/α,β-unsaturated/α-hetero) is 1. The normalized spacial score (nSPS) is 11.5. The third kappa shape index (κ3) is 13.5. The maximum atomic E-state index is 12.8. The topological polar surface area (TPSA) is 96.0 Å². The second kappa shape index (κ2) is 21.6. The van der Waals surface area contributed by atoms with Crippen LogP contribution in [0.1, 0.15) is 142 Å². The van der Waals surface area contributed by atoms with Crippen molar-refractivity contribution < 1.29 is 33.4 Å². The number of hydrogen-bond acceptors (Lipinski definition) is 7. The lowest BCUT2D eigenvalue weighted by Gasteiger charge is -2.13. The lowest BCUT2D eigenvalue weighted by molar-refractivity contribution is -0.153. The van der Waals surface area contributed by atoms with E-state index in [9.17, 15) is 19.2 Å². The highest BCUT2D eigenvalue weighted by Gasteiger charge is 2.20. The van der Waals surface area contributed by atoms with E-state index in [1.54, 1.807) is 12.1 Å². The van der Waals surface area contributed by atoms with Crippen LogP contribution in [0.3, 0.4) is 0 Å². The summed E-state index contributed by atoms with van der Waals surface area (Å²) in [5, 5.41) is 0. The van der Waals surface area contributed by atoms with Gasteiger partial charge in [0, 0.05) is 12.0 Å². The lowest BCUT2D eigenvalue weighted by atomic mass is 9.99. The number of ether oxygens (including phenoxy) is 3. The van der Waals surface area contributed by atoms with Gasteiger partial charge in [0.25, 0.3) is 0 Å². The smallest absolute Gasteiger partial charge is 0.347 e. The average molecular weight is 657 g/mol. The van der Waals surface area contributed by atoms with Crippen molar-refractivity contribution in [2.75, 3.05) is 6.61 Å². The number of benzene rings is 3. The summed E-state index contributed by atoms with van der Waals surface area (Å²) in [4.78, 5) is 50.1. The minimum atomic E-state index is -1.03. The van der Waals surface area contributed by atoms with Crippen LogP contribution in [0.4, 0.5) is 0 Å². The molecule has 0 radical (unpaired) electrons. The van der Waals surface area contributed by atoms with Gasteiger partial charge in [-0.25, -0.2) is 14.4 Å². The van der Waals surface area contributed by atoms with E-state index in [4.69, 9.17) is 14.2 Å². The monoisotopic (exact) mass is 656 g/mol. The summed E-state index contributed by atoms with van der Waals surface area (Å²) in [5.41, 5.74) is 3.18. The van der Waals surface area contributed by atoms with Gasteiger partial charge in [0.15, 0.2) is 11.9 Å². The van der Waals surface area contributed by atoms with Gasteiger partial charge in [0.05, 0.1) is 17.7 Å². The lowest BCUT2D eigenvalue weighted by Crippen LogP contribution is -2.26. The number of rotatable bonds is 22. The predicted octanol–water partition coefficient (Wildman–Crippen LogP) is 10.3. The van der Waals surface area contributed by atoms with E-state index in [0.717, 1.165) is 48.8 Å². The minimum Gasteiger partial charge on any atom is -0.463 e. The molecule has 0 heterocycles. The van der Waals surface area contributed by atoms with Crippen molar-refractivity contribution in [3.05, 3.63) is 89.5 Å². The number of ketones is 1. The number of hydrogen-bond donors (Lipinski definition) is 0. The molecule has 0 N–H and O–H groups in total. The van der Waals surface area contributed by atoms with E-state index in [2.05, 4.69) is 13.8 Å². The summed E-state index contributed by atoms with van der Waals surface area (Å²) in [6.07, 6.45) is 14.3. The molecule has 0 bridgehead atoms. The van der Waals surface area contributed by atoms with Gasteiger partial charge in [-0.2, -0.15) is 0 Å².